The quantitative estimate of drug-likeness (QED) is 0.778. The molecule has 0 aliphatic carbocycles. The van der Waals surface area contributed by atoms with Crippen molar-refractivity contribution in [1.82, 2.24) is 0 Å². The number of ether oxygens (including phenoxy) is 3. The standard InChI is InChI=1S/C19H20O6/c1-23-16-9-8-14(11-17(16)24-2)15(18(20)21)10-12-4-6-13(7-5-12)19(22)25-3/h4-9,11,15H,10H2,1-3H3,(H,20,21). The van der Waals surface area contributed by atoms with Crippen LogP contribution in [0.5, 0.6) is 11.5 Å². The molecule has 25 heavy (non-hydrogen) atoms. The molecule has 1 N–H and O–H groups in total. The second-order valence-corrected chi connectivity index (χ2v) is 5.40. The van der Waals surface area contributed by atoms with Crippen molar-refractivity contribution in [3.8, 4) is 11.5 Å². The number of carboxylic acids is 1. The zero-order valence-corrected chi connectivity index (χ0v) is 14.3. The van der Waals surface area contributed by atoms with Crippen molar-refractivity contribution in [2.45, 2.75) is 12.3 Å². The molecule has 0 fully saturated rings. The number of aliphatic carboxylic acids is 1. The number of carbonyl (C=O) groups is 2. The van der Waals surface area contributed by atoms with E-state index in [-0.39, 0.29) is 6.42 Å². The van der Waals surface area contributed by atoms with Gasteiger partial charge in [0.05, 0.1) is 32.8 Å². The van der Waals surface area contributed by atoms with Crippen LogP contribution in [0, 0.1) is 0 Å². The van der Waals surface area contributed by atoms with E-state index in [2.05, 4.69) is 4.74 Å². The summed E-state index contributed by atoms with van der Waals surface area (Å²) < 4.78 is 15.1. The summed E-state index contributed by atoms with van der Waals surface area (Å²) in [6, 6.07) is 11.8. The van der Waals surface area contributed by atoms with Crippen LogP contribution in [0.15, 0.2) is 42.5 Å². The number of carbonyl (C=O) groups excluding carboxylic acids is 1. The van der Waals surface area contributed by atoms with Gasteiger partial charge in [0.15, 0.2) is 11.5 Å². The fraction of sp³-hybridized carbons (Fsp3) is 0.263. The third-order valence-corrected chi connectivity index (χ3v) is 3.92. The van der Waals surface area contributed by atoms with E-state index in [0.717, 1.165) is 5.56 Å². The third kappa shape index (κ3) is 4.29. The number of hydrogen-bond donors (Lipinski definition) is 1. The van der Waals surface area contributed by atoms with E-state index in [4.69, 9.17) is 9.47 Å². The lowest BCUT2D eigenvalue weighted by molar-refractivity contribution is -0.138. The number of rotatable bonds is 7. The Morgan fingerprint density at radius 1 is 0.960 bits per heavy atom. The molecule has 0 saturated heterocycles. The molecule has 6 heteroatoms. The average Bonchev–Trinajstić information content (AvgIpc) is 2.65. The lowest BCUT2D eigenvalue weighted by Gasteiger charge is -2.16. The van der Waals surface area contributed by atoms with Gasteiger partial charge in [-0.3, -0.25) is 4.79 Å². The predicted molar refractivity (Wildman–Crippen MR) is 91.4 cm³/mol. The topological polar surface area (TPSA) is 82.1 Å². The molecule has 0 saturated carbocycles. The normalized spacial score (nSPS) is 11.5. The van der Waals surface area contributed by atoms with Gasteiger partial charge in [-0.1, -0.05) is 18.2 Å². The lowest BCUT2D eigenvalue weighted by Crippen LogP contribution is -2.15. The molecule has 6 nitrogen and oxygen atoms in total. The van der Waals surface area contributed by atoms with Crippen LogP contribution in [0.2, 0.25) is 0 Å². The zero-order valence-electron chi connectivity index (χ0n) is 14.3. The first kappa shape index (κ1) is 18.3. The van der Waals surface area contributed by atoms with Crippen molar-refractivity contribution in [3.05, 3.63) is 59.2 Å². The van der Waals surface area contributed by atoms with Crippen LogP contribution in [-0.4, -0.2) is 38.4 Å². The van der Waals surface area contributed by atoms with Gasteiger partial charge in [0.1, 0.15) is 0 Å². The van der Waals surface area contributed by atoms with Crippen molar-refractivity contribution in [1.29, 1.82) is 0 Å². The zero-order chi connectivity index (χ0) is 18.4. The van der Waals surface area contributed by atoms with Crippen molar-refractivity contribution in [2.24, 2.45) is 0 Å². The Balaban J connectivity index is 2.27. The molecule has 2 aromatic rings. The molecule has 2 aromatic carbocycles. The summed E-state index contributed by atoms with van der Waals surface area (Å²) in [6.45, 7) is 0. The van der Waals surface area contributed by atoms with Crippen molar-refractivity contribution < 1.29 is 28.9 Å². The van der Waals surface area contributed by atoms with Crippen molar-refractivity contribution in [3.63, 3.8) is 0 Å². The molecule has 0 radical (unpaired) electrons. The third-order valence-electron chi connectivity index (χ3n) is 3.92. The van der Waals surface area contributed by atoms with Crippen molar-refractivity contribution in [2.75, 3.05) is 21.3 Å². The monoisotopic (exact) mass is 344 g/mol. The number of methoxy groups -OCH3 is 3. The summed E-state index contributed by atoms with van der Waals surface area (Å²) in [5.74, 6) is -1.10. The van der Waals surface area contributed by atoms with Crippen LogP contribution in [0.1, 0.15) is 27.4 Å². The van der Waals surface area contributed by atoms with Crippen LogP contribution < -0.4 is 9.47 Å². The van der Waals surface area contributed by atoms with Crippen LogP contribution >= 0.6 is 0 Å². The SMILES string of the molecule is COC(=O)c1ccc(CC(C(=O)O)c2ccc(OC)c(OC)c2)cc1. The Labute approximate surface area is 146 Å². The van der Waals surface area contributed by atoms with Gasteiger partial charge in [-0.15, -0.1) is 0 Å². The summed E-state index contributed by atoms with van der Waals surface area (Å²) >= 11 is 0. The molecule has 1 unspecified atom stereocenters. The second-order valence-electron chi connectivity index (χ2n) is 5.40. The number of carboxylic acid groups (broad SMARTS) is 1. The highest BCUT2D eigenvalue weighted by molar-refractivity contribution is 5.89. The Morgan fingerprint density at radius 3 is 2.12 bits per heavy atom. The van der Waals surface area contributed by atoms with E-state index in [1.54, 1.807) is 42.5 Å². The summed E-state index contributed by atoms with van der Waals surface area (Å²) in [7, 11) is 4.34. The van der Waals surface area contributed by atoms with Crippen LogP contribution in [0.4, 0.5) is 0 Å². The van der Waals surface area contributed by atoms with Crippen LogP contribution in [0.25, 0.3) is 0 Å². The van der Waals surface area contributed by atoms with E-state index < -0.39 is 17.9 Å². The molecule has 0 aliphatic heterocycles. The van der Waals surface area contributed by atoms with Gasteiger partial charge in [-0.25, -0.2) is 4.79 Å². The van der Waals surface area contributed by atoms with Gasteiger partial charge in [0.25, 0.3) is 0 Å². The Hall–Kier alpha value is -3.02. The first-order valence-corrected chi connectivity index (χ1v) is 7.62. The summed E-state index contributed by atoms with van der Waals surface area (Å²) in [6.07, 6.45) is 0.284. The molecule has 0 bridgehead atoms. The highest BCUT2D eigenvalue weighted by atomic mass is 16.5. The van der Waals surface area contributed by atoms with E-state index in [1.165, 1.54) is 21.3 Å². The molecule has 0 spiro atoms. The Bertz CT molecular complexity index is 751. The highest BCUT2D eigenvalue weighted by Gasteiger charge is 2.22. The molecule has 0 amide bonds. The molecule has 2 rings (SSSR count). The number of esters is 1. The fourth-order valence-electron chi connectivity index (χ4n) is 2.55. The molecule has 132 valence electrons. The minimum Gasteiger partial charge on any atom is -0.493 e. The largest absolute Gasteiger partial charge is 0.493 e. The van der Waals surface area contributed by atoms with Crippen molar-refractivity contribution >= 4 is 11.9 Å². The first-order chi connectivity index (χ1) is 12.0. The number of benzene rings is 2. The maximum Gasteiger partial charge on any atom is 0.337 e. The smallest absolute Gasteiger partial charge is 0.337 e. The lowest BCUT2D eigenvalue weighted by atomic mass is 9.91. The first-order valence-electron chi connectivity index (χ1n) is 7.62. The summed E-state index contributed by atoms with van der Waals surface area (Å²) in [4.78, 5) is 23.2. The Kier molecular flexibility index (Phi) is 6.00. The van der Waals surface area contributed by atoms with E-state index in [0.29, 0.717) is 22.6 Å². The van der Waals surface area contributed by atoms with Crippen LogP contribution in [0.3, 0.4) is 0 Å². The van der Waals surface area contributed by atoms with E-state index >= 15 is 0 Å². The van der Waals surface area contributed by atoms with E-state index in [9.17, 15) is 14.7 Å². The highest BCUT2D eigenvalue weighted by Crippen LogP contribution is 2.32. The minimum absolute atomic E-state index is 0.284. The minimum atomic E-state index is -0.940. The molecular formula is C19H20O6. The molecular weight excluding hydrogens is 324 g/mol. The Morgan fingerprint density at radius 2 is 1.60 bits per heavy atom. The van der Waals surface area contributed by atoms with Gasteiger partial charge in [-0.05, 0) is 41.8 Å². The second kappa shape index (κ2) is 8.19. The van der Waals surface area contributed by atoms with Gasteiger partial charge in [0.2, 0.25) is 0 Å². The van der Waals surface area contributed by atoms with Gasteiger partial charge in [0, 0.05) is 0 Å². The van der Waals surface area contributed by atoms with E-state index in [1.807, 2.05) is 0 Å². The average molecular weight is 344 g/mol. The van der Waals surface area contributed by atoms with Crippen LogP contribution in [-0.2, 0) is 16.0 Å². The van der Waals surface area contributed by atoms with Gasteiger partial charge >= 0.3 is 11.9 Å². The summed E-state index contributed by atoms with van der Waals surface area (Å²) in [5, 5.41) is 9.61. The maximum absolute atomic E-state index is 11.7. The fourth-order valence-corrected chi connectivity index (χ4v) is 2.55. The predicted octanol–water partition coefficient (Wildman–Crippen LogP) is 2.90. The molecule has 0 aromatic heterocycles. The molecule has 1 atom stereocenters. The van der Waals surface area contributed by atoms with Gasteiger partial charge < -0.3 is 19.3 Å². The maximum atomic E-state index is 11.7. The molecule has 0 heterocycles. The summed E-state index contributed by atoms with van der Waals surface area (Å²) in [5.41, 5.74) is 1.83. The molecule has 0 aliphatic rings. The van der Waals surface area contributed by atoms with Gasteiger partial charge in [-0.2, -0.15) is 0 Å². The number of hydrogen-bond acceptors (Lipinski definition) is 5.